The van der Waals surface area contributed by atoms with Crippen molar-refractivity contribution in [1.82, 2.24) is 24.4 Å². The zero-order valence-corrected chi connectivity index (χ0v) is 28.0. The number of benzene rings is 2. The molecule has 0 radical (unpaired) electrons. The van der Waals surface area contributed by atoms with Crippen molar-refractivity contribution in [1.29, 1.82) is 0 Å². The summed E-state index contributed by atoms with van der Waals surface area (Å²) in [6, 6.07) is 8.83. The van der Waals surface area contributed by atoms with Gasteiger partial charge in [-0.15, -0.1) is 0 Å². The standard InChI is InChI=1S/C36H38N8O6/c1-21-40-25-13-9-14-26(32(25)36(50)43(21)27-15-10-20-38-33(27)47)41-29(45)16-6-4-3-5-7-19-37-23-11-8-12-24-31(23)35(49)44(22(2)39-24)28-17-18-30(46)42-34(28)48/h8-9,11-14,19-20,27-28H,3-7,10,15-18H2,1-2H3,(H,41,45)(H,42,46,48). The largest absolute Gasteiger partial charge is 0.325 e. The molecule has 1 saturated heterocycles. The number of rotatable bonds is 11. The van der Waals surface area contributed by atoms with Gasteiger partial charge in [0.2, 0.25) is 17.7 Å². The molecule has 4 heterocycles. The predicted molar refractivity (Wildman–Crippen MR) is 189 cm³/mol. The van der Waals surface area contributed by atoms with Crippen LogP contribution in [0.25, 0.3) is 21.8 Å². The number of piperidine rings is 1. The molecule has 0 spiro atoms. The maximum absolute atomic E-state index is 13.6. The Balaban J connectivity index is 1.03. The van der Waals surface area contributed by atoms with Gasteiger partial charge in [0, 0.05) is 25.3 Å². The predicted octanol–water partition coefficient (Wildman–Crippen LogP) is 4.31. The first-order valence-corrected chi connectivity index (χ1v) is 16.9. The van der Waals surface area contributed by atoms with E-state index in [2.05, 4.69) is 30.6 Å². The summed E-state index contributed by atoms with van der Waals surface area (Å²) in [5.74, 6) is -0.655. The van der Waals surface area contributed by atoms with E-state index in [0.717, 1.165) is 19.3 Å². The van der Waals surface area contributed by atoms with Gasteiger partial charge in [0.1, 0.15) is 23.7 Å². The summed E-state index contributed by atoms with van der Waals surface area (Å²) in [6.45, 7) is 3.36. The van der Waals surface area contributed by atoms with Crippen LogP contribution in [0.15, 0.2) is 56.0 Å². The van der Waals surface area contributed by atoms with Crippen molar-refractivity contribution in [2.45, 2.75) is 90.1 Å². The van der Waals surface area contributed by atoms with Crippen LogP contribution >= 0.6 is 0 Å². The maximum atomic E-state index is 13.6. The number of aromatic nitrogens is 4. The first-order valence-electron chi connectivity index (χ1n) is 16.9. The van der Waals surface area contributed by atoms with Crippen molar-refractivity contribution >= 4 is 69.2 Å². The third-order valence-corrected chi connectivity index (χ3v) is 9.09. The van der Waals surface area contributed by atoms with Gasteiger partial charge in [-0.1, -0.05) is 25.0 Å². The molecular weight excluding hydrogens is 640 g/mol. The van der Waals surface area contributed by atoms with E-state index in [1.54, 1.807) is 62.7 Å². The van der Waals surface area contributed by atoms with E-state index in [0.29, 0.717) is 65.1 Å². The summed E-state index contributed by atoms with van der Waals surface area (Å²) in [6.07, 6.45) is 8.82. The number of hydrogen-bond donors (Lipinski definition) is 2. The minimum absolute atomic E-state index is 0.149. The van der Waals surface area contributed by atoms with Gasteiger partial charge >= 0.3 is 0 Å². The monoisotopic (exact) mass is 678 g/mol. The van der Waals surface area contributed by atoms with Gasteiger partial charge in [-0.3, -0.25) is 48.2 Å². The van der Waals surface area contributed by atoms with Crippen molar-refractivity contribution in [2.24, 2.45) is 9.98 Å². The van der Waals surface area contributed by atoms with Crippen LogP contribution in [0.5, 0.6) is 0 Å². The molecule has 2 atom stereocenters. The highest BCUT2D eigenvalue weighted by molar-refractivity contribution is 6.01. The fourth-order valence-electron chi connectivity index (χ4n) is 6.65. The normalized spacial score (nSPS) is 17.9. The Kier molecular flexibility index (Phi) is 10.2. The van der Waals surface area contributed by atoms with Gasteiger partial charge in [0.25, 0.3) is 17.0 Å². The molecule has 4 aromatic rings. The number of nitrogens with one attached hydrogen (secondary N) is 2. The van der Waals surface area contributed by atoms with Gasteiger partial charge in [0.15, 0.2) is 0 Å². The topological polar surface area (TPSA) is 187 Å². The van der Waals surface area contributed by atoms with Crippen molar-refractivity contribution in [2.75, 3.05) is 5.32 Å². The van der Waals surface area contributed by atoms with Gasteiger partial charge < -0.3 is 5.32 Å². The van der Waals surface area contributed by atoms with Crippen LogP contribution < -0.4 is 21.8 Å². The number of carbonyl (C=O) groups excluding carboxylic acids is 4. The van der Waals surface area contributed by atoms with Crippen molar-refractivity contribution in [3.63, 3.8) is 0 Å². The van der Waals surface area contributed by atoms with Gasteiger partial charge in [-0.25, -0.2) is 15.0 Å². The summed E-state index contributed by atoms with van der Waals surface area (Å²) in [5.41, 5.74) is 1.01. The fourth-order valence-corrected chi connectivity index (χ4v) is 6.65. The quantitative estimate of drug-likeness (QED) is 0.133. The van der Waals surface area contributed by atoms with Crippen LogP contribution in [0.3, 0.4) is 0 Å². The molecule has 2 N–H and O–H groups in total. The highest BCUT2D eigenvalue weighted by Gasteiger charge is 2.31. The Morgan fingerprint density at radius 3 is 2.30 bits per heavy atom. The van der Waals surface area contributed by atoms with Gasteiger partial charge in [-0.2, -0.15) is 0 Å². The number of fused-ring (bicyclic) bond motifs is 2. The number of nitrogens with zero attached hydrogens (tertiary/aromatic N) is 6. The second-order valence-corrected chi connectivity index (χ2v) is 12.6. The lowest BCUT2D eigenvalue weighted by Crippen LogP contribution is -2.45. The van der Waals surface area contributed by atoms with E-state index < -0.39 is 18.0 Å². The third-order valence-electron chi connectivity index (χ3n) is 9.09. The van der Waals surface area contributed by atoms with E-state index in [1.165, 1.54) is 9.13 Å². The lowest BCUT2D eigenvalue weighted by atomic mass is 10.1. The van der Waals surface area contributed by atoms with Crippen molar-refractivity contribution < 1.29 is 19.2 Å². The van der Waals surface area contributed by atoms with Crippen LogP contribution in [0.4, 0.5) is 11.4 Å². The summed E-state index contributed by atoms with van der Waals surface area (Å²) in [5, 5.41) is 5.76. The first kappa shape index (κ1) is 34.2. The average molecular weight is 679 g/mol. The molecule has 50 heavy (non-hydrogen) atoms. The van der Waals surface area contributed by atoms with E-state index >= 15 is 0 Å². The molecule has 14 heteroatoms. The number of aliphatic imine (C=N–C) groups is 2. The summed E-state index contributed by atoms with van der Waals surface area (Å²) < 4.78 is 2.73. The first-order chi connectivity index (χ1) is 24.1. The zero-order valence-electron chi connectivity index (χ0n) is 28.0. The van der Waals surface area contributed by atoms with Gasteiger partial charge in [0.05, 0.1) is 33.2 Å². The SMILES string of the molecule is Cc1nc2cccc(N=CCCCCCCC(=O)Nc3cccc4nc(C)n(C5CCC=NC5=O)c(=O)c34)c2c(=O)n1C1CCC(=O)NC1=O. The summed E-state index contributed by atoms with van der Waals surface area (Å²) in [4.78, 5) is 94.2. The number of aryl methyl sites for hydroxylation is 2. The smallest absolute Gasteiger partial charge is 0.268 e. The summed E-state index contributed by atoms with van der Waals surface area (Å²) in [7, 11) is 0. The minimum atomic E-state index is -0.811. The lowest BCUT2D eigenvalue weighted by molar-refractivity contribution is -0.136. The molecule has 2 aromatic carbocycles. The molecule has 6 rings (SSSR count). The number of carbonyl (C=O) groups is 4. The highest BCUT2D eigenvalue weighted by atomic mass is 16.2. The van der Waals surface area contributed by atoms with Crippen LogP contribution in [0.2, 0.25) is 0 Å². The van der Waals surface area contributed by atoms with Crippen molar-refractivity contribution in [3.8, 4) is 0 Å². The second kappa shape index (κ2) is 14.8. The molecule has 0 bridgehead atoms. The molecule has 0 aliphatic carbocycles. The lowest BCUT2D eigenvalue weighted by Gasteiger charge is -2.24. The van der Waals surface area contributed by atoms with Crippen LogP contribution in [-0.4, -0.2) is 55.2 Å². The Labute approximate surface area is 286 Å². The van der Waals surface area contributed by atoms with E-state index in [4.69, 9.17) is 0 Å². The van der Waals surface area contributed by atoms with E-state index in [1.807, 2.05) is 0 Å². The molecule has 2 aliphatic rings. The average Bonchev–Trinajstić information content (AvgIpc) is 3.07. The van der Waals surface area contributed by atoms with Crippen LogP contribution in [-0.2, 0) is 19.2 Å². The molecule has 2 aromatic heterocycles. The van der Waals surface area contributed by atoms with Crippen LogP contribution in [0, 0.1) is 13.8 Å². The maximum Gasteiger partial charge on any atom is 0.268 e. The Morgan fingerprint density at radius 1 is 0.880 bits per heavy atom. The number of amides is 4. The van der Waals surface area contributed by atoms with E-state index in [9.17, 15) is 28.8 Å². The molecule has 258 valence electrons. The molecule has 2 aliphatic heterocycles. The number of anilines is 1. The summed E-state index contributed by atoms with van der Waals surface area (Å²) >= 11 is 0. The highest BCUT2D eigenvalue weighted by Crippen LogP contribution is 2.26. The fraction of sp³-hybridized carbons (Fsp3) is 0.389. The number of unbranched alkanes of at least 4 members (excludes halogenated alkanes) is 4. The Bertz CT molecular complexity index is 2200. The zero-order chi connectivity index (χ0) is 35.4. The third kappa shape index (κ3) is 7.05. The van der Waals surface area contributed by atoms with Crippen molar-refractivity contribution in [3.05, 3.63) is 68.8 Å². The van der Waals surface area contributed by atoms with Crippen LogP contribution in [0.1, 0.15) is 87.9 Å². The minimum Gasteiger partial charge on any atom is -0.325 e. The number of hydrogen-bond acceptors (Lipinski definition) is 9. The Morgan fingerprint density at radius 2 is 1.56 bits per heavy atom. The second-order valence-electron chi connectivity index (χ2n) is 12.6. The molecule has 0 saturated carbocycles. The Hall–Kier alpha value is -5.66. The van der Waals surface area contributed by atoms with Gasteiger partial charge in [-0.05, 0) is 76.6 Å². The molecule has 2 unspecified atom stereocenters. The van der Waals surface area contributed by atoms with E-state index in [-0.39, 0.29) is 53.5 Å². The molecule has 4 amide bonds. The molecule has 14 nitrogen and oxygen atoms in total. The number of imide groups is 1. The molecular formula is C36H38N8O6. The molecule has 1 fully saturated rings.